The van der Waals surface area contributed by atoms with Gasteiger partial charge < -0.3 is 14.3 Å². The maximum Gasteiger partial charge on any atom is 0.343 e. The Morgan fingerprint density at radius 3 is 2.14 bits per heavy atom. The quantitative estimate of drug-likeness (QED) is 0.789. The molecule has 0 aliphatic carbocycles. The van der Waals surface area contributed by atoms with E-state index in [1.165, 1.54) is 11.8 Å². The van der Waals surface area contributed by atoms with Gasteiger partial charge in [-0.1, -0.05) is 30.3 Å². The first-order chi connectivity index (χ1) is 14.2. The molecule has 156 valence electrons. The molecule has 0 saturated carbocycles. The SMILES string of the molecule is O=c1occ(CN2CCOCC2)c(O)c1CN1CCN(Cc2ccccc2)CC1. The summed E-state index contributed by atoms with van der Waals surface area (Å²) in [6.45, 7) is 8.55. The highest BCUT2D eigenvalue weighted by Crippen LogP contribution is 2.23. The van der Waals surface area contributed by atoms with Crippen molar-refractivity contribution in [1.29, 1.82) is 0 Å². The van der Waals surface area contributed by atoms with E-state index in [1.54, 1.807) is 0 Å². The van der Waals surface area contributed by atoms with E-state index in [9.17, 15) is 9.90 Å². The van der Waals surface area contributed by atoms with Crippen LogP contribution in [0.2, 0.25) is 0 Å². The van der Waals surface area contributed by atoms with Crippen LogP contribution in [-0.2, 0) is 24.4 Å². The maximum atomic E-state index is 12.3. The van der Waals surface area contributed by atoms with Crippen molar-refractivity contribution in [3.8, 4) is 5.75 Å². The van der Waals surface area contributed by atoms with Gasteiger partial charge in [-0.2, -0.15) is 0 Å². The Bertz CT molecular complexity index is 841. The van der Waals surface area contributed by atoms with E-state index < -0.39 is 5.63 Å². The van der Waals surface area contributed by atoms with E-state index in [1.807, 2.05) is 6.07 Å². The van der Waals surface area contributed by atoms with Gasteiger partial charge in [-0.3, -0.25) is 14.7 Å². The minimum Gasteiger partial charge on any atom is -0.507 e. The summed E-state index contributed by atoms with van der Waals surface area (Å²) in [7, 11) is 0. The zero-order valence-electron chi connectivity index (χ0n) is 16.8. The van der Waals surface area contributed by atoms with Crippen molar-refractivity contribution in [3.05, 3.63) is 63.7 Å². The molecule has 29 heavy (non-hydrogen) atoms. The van der Waals surface area contributed by atoms with Crippen LogP contribution in [0, 0.1) is 0 Å². The Hall–Kier alpha value is -2.19. The molecular weight excluding hydrogens is 370 g/mol. The molecular formula is C22H29N3O4. The molecule has 2 aromatic rings. The Kier molecular flexibility index (Phi) is 6.61. The van der Waals surface area contributed by atoms with Crippen molar-refractivity contribution in [2.75, 3.05) is 52.5 Å². The summed E-state index contributed by atoms with van der Waals surface area (Å²) in [5.74, 6) is 0.0828. The van der Waals surface area contributed by atoms with E-state index in [4.69, 9.17) is 9.15 Å². The van der Waals surface area contributed by atoms with Gasteiger partial charge >= 0.3 is 5.63 Å². The highest BCUT2D eigenvalue weighted by Gasteiger charge is 2.22. The monoisotopic (exact) mass is 399 g/mol. The van der Waals surface area contributed by atoms with Crippen molar-refractivity contribution in [2.45, 2.75) is 19.6 Å². The maximum absolute atomic E-state index is 12.3. The number of morpholine rings is 1. The molecule has 2 saturated heterocycles. The van der Waals surface area contributed by atoms with Crippen LogP contribution in [0.3, 0.4) is 0 Å². The molecule has 0 spiro atoms. The number of hydrogen-bond acceptors (Lipinski definition) is 7. The van der Waals surface area contributed by atoms with Crippen molar-refractivity contribution in [2.24, 2.45) is 0 Å². The largest absolute Gasteiger partial charge is 0.507 e. The van der Waals surface area contributed by atoms with Crippen LogP contribution >= 0.6 is 0 Å². The van der Waals surface area contributed by atoms with Gasteiger partial charge in [0.05, 0.1) is 18.8 Å². The second kappa shape index (κ2) is 9.54. The topological polar surface area (TPSA) is 69.4 Å². The van der Waals surface area contributed by atoms with Crippen molar-refractivity contribution >= 4 is 0 Å². The molecule has 4 rings (SSSR count). The third kappa shape index (κ3) is 5.25. The smallest absolute Gasteiger partial charge is 0.343 e. The number of ether oxygens (including phenoxy) is 1. The predicted molar refractivity (Wildman–Crippen MR) is 110 cm³/mol. The van der Waals surface area contributed by atoms with E-state index >= 15 is 0 Å². The Balaban J connectivity index is 1.35. The summed E-state index contributed by atoms with van der Waals surface area (Å²) in [6, 6.07) is 10.5. The molecule has 0 radical (unpaired) electrons. The first-order valence-electron chi connectivity index (χ1n) is 10.3. The zero-order valence-corrected chi connectivity index (χ0v) is 16.8. The lowest BCUT2D eigenvalue weighted by Gasteiger charge is -2.34. The zero-order chi connectivity index (χ0) is 20.1. The number of nitrogens with zero attached hydrogens (tertiary/aromatic N) is 3. The minimum absolute atomic E-state index is 0.0828. The van der Waals surface area contributed by atoms with Crippen LogP contribution in [0.5, 0.6) is 5.75 Å². The molecule has 0 amide bonds. The lowest BCUT2D eigenvalue weighted by Crippen LogP contribution is -2.45. The normalized spacial score (nSPS) is 19.4. The van der Waals surface area contributed by atoms with Gasteiger partial charge in [-0.15, -0.1) is 0 Å². The molecule has 2 fully saturated rings. The molecule has 7 nitrogen and oxygen atoms in total. The fourth-order valence-electron chi connectivity index (χ4n) is 3.96. The second-order valence-corrected chi connectivity index (χ2v) is 7.80. The standard InChI is InChI=1S/C22H29N3O4/c26-21-19(15-25-10-12-28-13-11-25)17-29-22(27)20(21)16-24-8-6-23(7-9-24)14-18-4-2-1-3-5-18/h1-5,17,26H,6-16H2. The number of rotatable bonds is 6. The Labute approximate surface area is 171 Å². The summed E-state index contributed by atoms with van der Waals surface area (Å²) in [4.78, 5) is 19.1. The highest BCUT2D eigenvalue weighted by atomic mass is 16.5. The Morgan fingerprint density at radius 2 is 1.45 bits per heavy atom. The second-order valence-electron chi connectivity index (χ2n) is 7.80. The van der Waals surface area contributed by atoms with Crippen LogP contribution in [0.1, 0.15) is 16.7 Å². The summed E-state index contributed by atoms with van der Waals surface area (Å²) in [5, 5.41) is 10.7. The number of benzene rings is 1. The van der Waals surface area contributed by atoms with Gasteiger partial charge in [0.2, 0.25) is 0 Å². The van der Waals surface area contributed by atoms with Crippen LogP contribution in [0.25, 0.3) is 0 Å². The lowest BCUT2D eigenvalue weighted by atomic mass is 10.1. The highest BCUT2D eigenvalue weighted by molar-refractivity contribution is 5.36. The summed E-state index contributed by atoms with van der Waals surface area (Å²) < 4.78 is 10.6. The minimum atomic E-state index is -0.444. The average molecular weight is 399 g/mol. The molecule has 2 aliphatic heterocycles. The van der Waals surface area contributed by atoms with Crippen molar-refractivity contribution in [1.82, 2.24) is 14.7 Å². The van der Waals surface area contributed by atoms with Crippen LogP contribution in [0.15, 0.2) is 45.8 Å². The molecule has 7 heteroatoms. The Morgan fingerprint density at radius 1 is 0.828 bits per heavy atom. The van der Waals surface area contributed by atoms with Gasteiger partial charge in [-0.25, -0.2) is 4.79 Å². The lowest BCUT2D eigenvalue weighted by molar-refractivity contribution is 0.0335. The van der Waals surface area contributed by atoms with E-state index in [-0.39, 0.29) is 5.75 Å². The van der Waals surface area contributed by atoms with Crippen molar-refractivity contribution < 1.29 is 14.3 Å². The number of piperazine rings is 1. The van der Waals surface area contributed by atoms with Gasteiger partial charge in [0, 0.05) is 64.5 Å². The molecule has 0 atom stereocenters. The van der Waals surface area contributed by atoms with E-state index in [0.717, 1.165) is 45.8 Å². The van der Waals surface area contributed by atoms with Gasteiger partial charge in [0.25, 0.3) is 0 Å². The third-order valence-electron chi connectivity index (χ3n) is 5.74. The number of hydrogen-bond donors (Lipinski definition) is 1. The molecule has 1 aromatic heterocycles. The molecule has 0 unspecified atom stereocenters. The summed E-state index contributed by atoms with van der Waals surface area (Å²) >= 11 is 0. The average Bonchev–Trinajstić information content (AvgIpc) is 2.76. The summed E-state index contributed by atoms with van der Waals surface area (Å²) in [5.41, 5.74) is 1.91. The number of aromatic hydroxyl groups is 1. The van der Waals surface area contributed by atoms with Crippen LogP contribution < -0.4 is 5.63 Å². The molecule has 2 aliphatic rings. The van der Waals surface area contributed by atoms with E-state index in [2.05, 4.69) is 39.0 Å². The first-order valence-corrected chi connectivity index (χ1v) is 10.3. The molecule has 1 aromatic carbocycles. The van der Waals surface area contributed by atoms with Gasteiger partial charge in [0.1, 0.15) is 12.0 Å². The first kappa shape index (κ1) is 20.1. The fraction of sp³-hybridized carbons (Fsp3) is 0.500. The molecule has 0 bridgehead atoms. The fourth-order valence-corrected chi connectivity index (χ4v) is 3.96. The summed E-state index contributed by atoms with van der Waals surface area (Å²) in [6.07, 6.45) is 1.40. The molecule has 1 N–H and O–H groups in total. The predicted octanol–water partition coefficient (Wildman–Crippen LogP) is 1.50. The third-order valence-corrected chi connectivity index (χ3v) is 5.74. The van der Waals surface area contributed by atoms with Gasteiger partial charge in [0.15, 0.2) is 0 Å². The van der Waals surface area contributed by atoms with E-state index in [0.29, 0.717) is 37.4 Å². The molecule has 3 heterocycles. The van der Waals surface area contributed by atoms with Crippen molar-refractivity contribution in [3.63, 3.8) is 0 Å². The van der Waals surface area contributed by atoms with Crippen LogP contribution in [0.4, 0.5) is 0 Å². The van der Waals surface area contributed by atoms with Gasteiger partial charge in [-0.05, 0) is 5.56 Å². The van der Waals surface area contributed by atoms with Crippen LogP contribution in [-0.4, -0.2) is 72.3 Å².